The molecule has 38 heavy (non-hydrogen) atoms. The number of imidazole rings is 1. The maximum absolute atomic E-state index is 14.8. The van der Waals surface area contributed by atoms with Crippen LogP contribution >= 0.6 is 0 Å². The SMILES string of the molecule is O=C(Nc1ccc(F)c(-c2cn3cc(-c4ccc(CCN5CCOCC5)cc4)cnc3n2)c1)N1CCCC1. The molecule has 9 heteroatoms. The maximum Gasteiger partial charge on any atom is 0.321 e. The standard InChI is InChI=1S/C29H31FN6O2/c30-26-8-7-24(32-29(37)35-10-1-2-11-35)17-25(26)27-20-36-19-23(18-31-28(36)33-27)22-5-3-21(4-6-22)9-12-34-13-15-38-16-14-34/h3-8,17-20H,1-2,9-16H2,(H,32,37). The fourth-order valence-electron chi connectivity index (χ4n) is 5.06. The number of carbonyl (C=O) groups is 1. The maximum atomic E-state index is 14.8. The number of morpholine rings is 1. The third-order valence-electron chi connectivity index (χ3n) is 7.30. The van der Waals surface area contributed by atoms with E-state index in [1.54, 1.807) is 29.4 Å². The molecule has 2 fully saturated rings. The second-order valence-corrected chi connectivity index (χ2v) is 9.90. The van der Waals surface area contributed by atoms with Crippen molar-refractivity contribution in [1.82, 2.24) is 24.2 Å². The summed E-state index contributed by atoms with van der Waals surface area (Å²) in [5.41, 5.74) is 4.63. The van der Waals surface area contributed by atoms with Gasteiger partial charge in [-0.2, -0.15) is 0 Å². The first-order chi connectivity index (χ1) is 18.6. The highest BCUT2D eigenvalue weighted by atomic mass is 19.1. The quantitative estimate of drug-likeness (QED) is 0.404. The van der Waals surface area contributed by atoms with Crippen LogP contribution in [0.3, 0.4) is 0 Å². The van der Waals surface area contributed by atoms with E-state index in [2.05, 4.69) is 44.5 Å². The number of halogens is 1. The summed E-state index contributed by atoms with van der Waals surface area (Å²) in [5.74, 6) is 0.0808. The van der Waals surface area contributed by atoms with Gasteiger partial charge in [0.05, 0.1) is 18.9 Å². The second-order valence-electron chi connectivity index (χ2n) is 9.90. The van der Waals surface area contributed by atoms with Gasteiger partial charge in [0.25, 0.3) is 0 Å². The summed E-state index contributed by atoms with van der Waals surface area (Å²) in [4.78, 5) is 25.7. The van der Waals surface area contributed by atoms with Crippen molar-refractivity contribution < 1.29 is 13.9 Å². The van der Waals surface area contributed by atoms with Crippen molar-refractivity contribution >= 4 is 17.5 Å². The van der Waals surface area contributed by atoms with E-state index in [0.29, 0.717) is 22.7 Å². The zero-order valence-corrected chi connectivity index (χ0v) is 21.3. The molecule has 2 aromatic carbocycles. The van der Waals surface area contributed by atoms with E-state index >= 15 is 0 Å². The van der Waals surface area contributed by atoms with Gasteiger partial charge < -0.3 is 15.0 Å². The van der Waals surface area contributed by atoms with Gasteiger partial charge in [-0.3, -0.25) is 9.30 Å². The van der Waals surface area contributed by atoms with Crippen molar-refractivity contribution in [1.29, 1.82) is 0 Å². The Morgan fingerprint density at radius 2 is 1.76 bits per heavy atom. The number of nitrogens with zero attached hydrogens (tertiary/aromatic N) is 5. The van der Waals surface area contributed by atoms with E-state index in [-0.39, 0.29) is 6.03 Å². The van der Waals surface area contributed by atoms with Crippen LogP contribution in [0.2, 0.25) is 0 Å². The minimum absolute atomic E-state index is 0.159. The Morgan fingerprint density at radius 1 is 0.974 bits per heavy atom. The lowest BCUT2D eigenvalue weighted by atomic mass is 10.0. The molecule has 2 saturated heterocycles. The summed E-state index contributed by atoms with van der Waals surface area (Å²) < 4.78 is 22.0. The number of hydrogen-bond donors (Lipinski definition) is 1. The van der Waals surface area contributed by atoms with Crippen LogP contribution in [-0.2, 0) is 11.2 Å². The third-order valence-corrected chi connectivity index (χ3v) is 7.30. The zero-order valence-electron chi connectivity index (χ0n) is 21.3. The normalized spacial score (nSPS) is 16.3. The van der Waals surface area contributed by atoms with Gasteiger partial charge >= 0.3 is 6.03 Å². The van der Waals surface area contributed by atoms with Crippen molar-refractivity contribution in [2.45, 2.75) is 19.3 Å². The van der Waals surface area contributed by atoms with Gasteiger partial charge in [0.2, 0.25) is 5.78 Å². The fourth-order valence-corrected chi connectivity index (χ4v) is 5.06. The number of benzene rings is 2. The molecular weight excluding hydrogens is 483 g/mol. The zero-order chi connectivity index (χ0) is 25.9. The molecule has 0 spiro atoms. The number of fused-ring (bicyclic) bond motifs is 1. The van der Waals surface area contributed by atoms with Gasteiger partial charge in [-0.15, -0.1) is 0 Å². The van der Waals surface area contributed by atoms with E-state index in [1.807, 2.05) is 10.6 Å². The molecule has 0 unspecified atom stereocenters. The number of anilines is 1. The fraction of sp³-hybridized carbons (Fsp3) is 0.345. The van der Waals surface area contributed by atoms with Crippen LogP contribution in [-0.4, -0.2) is 76.1 Å². The number of carbonyl (C=O) groups excluding carboxylic acids is 1. The van der Waals surface area contributed by atoms with Crippen molar-refractivity contribution in [2.75, 3.05) is 51.3 Å². The molecule has 196 valence electrons. The molecule has 2 amide bonds. The molecular formula is C29H31FN6O2. The minimum atomic E-state index is -0.402. The Labute approximate surface area is 221 Å². The molecule has 6 rings (SSSR count). The van der Waals surface area contributed by atoms with Crippen LogP contribution in [0.25, 0.3) is 28.2 Å². The first kappa shape index (κ1) is 24.5. The van der Waals surface area contributed by atoms with E-state index in [9.17, 15) is 9.18 Å². The lowest BCUT2D eigenvalue weighted by Crippen LogP contribution is -2.37. The van der Waals surface area contributed by atoms with E-state index < -0.39 is 5.82 Å². The van der Waals surface area contributed by atoms with Crippen LogP contribution in [0.5, 0.6) is 0 Å². The summed E-state index contributed by atoms with van der Waals surface area (Å²) in [6, 6.07) is 13.0. The van der Waals surface area contributed by atoms with Gasteiger partial charge in [-0.25, -0.2) is 19.2 Å². The smallest absolute Gasteiger partial charge is 0.321 e. The minimum Gasteiger partial charge on any atom is -0.379 e. The molecule has 1 N–H and O–H groups in total. The van der Waals surface area contributed by atoms with Crippen LogP contribution in [0, 0.1) is 5.82 Å². The molecule has 0 bridgehead atoms. The summed E-state index contributed by atoms with van der Waals surface area (Å²) in [6.45, 7) is 6.16. The highest BCUT2D eigenvalue weighted by Gasteiger charge is 2.19. The Kier molecular flexibility index (Phi) is 7.02. The summed E-state index contributed by atoms with van der Waals surface area (Å²) >= 11 is 0. The molecule has 0 atom stereocenters. The average Bonchev–Trinajstić information content (AvgIpc) is 3.64. The molecule has 4 aromatic rings. The van der Waals surface area contributed by atoms with Crippen molar-refractivity contribution in [3.05, 3.63) is 72.4 Å². The largest absolute Gasteiger partial charge is 0.379 e. The monoisotopic (exact) mass is 514 g/mol. The van der Waals surface area contributed by atoms with Gasteiger partial charge in [0.15, 0.2) is 0 Å². The number of amides is 2. The predicted octanol–water partition coefficient (Wildman–Crippen LogP) is 4.70. The molecule has 4 heterocycles. The van der Waals surface area contributed by atoms with E-state index in [1.165, 1.54) is 11.6 Å². The highest BCUT2D eigenvalue weighted by Crippen LogP contribution is 2.27. The highest BCUT2D eigenvalue weighted by molar-refractivity contribution is 5.90. The first-order valence-electron chi connectivity index (χ1n) is 13.2. The topological polar surface area (TPSA) is 75.0 Å². The van der Waals surface area contributed by atoms with Gasteiger partial charge in [0.1, 0.15) is 5.82 Å². The molecule has 2 aliphatic rings. The molecule has 0 radical (unpaired) electrons. The van der Waals surface area contributed by atoms with Crippen LogP contribution in [0.1, 0.15) is 18.4 Å². The number of ether oxygens (including phenoxy) is 1. The van der Waals surface area contributed by atoms with Crippen molar-refractivity contribution in [3.8, 4) is 22.4 Å². The Morgan fingerprint density at radius 3 is 2.55 bits per heavy atom. The molecule has 2 aromatic heterocycles. The van der Waals surface area contributed by atoms with Gasteiger partial charge in [0, 0.05) is 68.1 Å². The van der Waals surface area contributed by atoms with E-state index in [0.717, 1.165) is 76.3 Å². The van der Waals surface area contributed by atoms with Gasteiger partial charge in [-0.05, 0) is 48.6 Å². The molecule has 2 aliphatic heterocycles. The molecule has 8 nitrogen and oxygen atoms in total. The van der Waals surface area contributed by atoms with Crippen LogP contribution in [0.15, 0.2) is 61.1 Å². The predicted molar refractivity (Wildman–Crippen MR) is 145 cm³/mol. The number of nitrogens with one attached hydrogen (secondary N) is 1. The molecule has 0 aliphatic carbocycles. The summed E-state index contributed by atoms with van der Waals surface area (Å²) in [6.07, 6.45) is 8.55. The van der Waals surface area contributed by atoms with Gasteiger partial charge in [-0.1, -0.05) is 24.3 Å². The summed E-state index contributed by atoms with van der Waals surface area (Å²) in [5, 5.41) is 2.88. The van der Waals surface area contributed by atoms with Crippen LogP contribution < -0.4 is 5.32 Å². The Balaban J connectivity index is 1.18. The number of likely N-dealkylation sites (tertiary alicyclic amines) is 1. The Hall–Kier alpha value is -3.82. The van der Waals surface area contributed by atoms with E-state index in [4.69, 9.17) is 4.74 Å². The van der Waals surface area contributed by atoms with Crippen LogP contribution in [0.4, 0.5) is 14.9 Å². The lowest BCUT2D eigenvalue weighted by molar-refractivity contribution is 0.0384. The van der Waals surface area contributed by atoms with Crippen molar-refractivity contribution in [2.24, 2.45) is 0 Å². The number of aromatic nitrogens is 3. The second kappa shape index (κ2) is 10.9. The molecule has 0 saturated carbocycles. The summed E-state index contributed by atoms with van der Waals surface area (Å²) in [7, 11) is 0. The number of urea groups is 1. The number of rotatable bonds is 6. The first-order valence-corrected chi connectivity index (χ1v) is 13.2. The van der Waals surface area contributed by atoms with Crippen molar-refractivity contribution in [3.63, 3.8) is 0 Å². The number of hydrogen-bond acceptors (Lipinski definition) is 5. The third kappa shape index (κ3) is 5.39. The Bertz CT molecular complexity index is 1430. The average molecular weight is 515 g/mol. The lowest BCUT2D eigenvalue weighted by Gasteiger charge is -2.26.